The quantitative estimate of drug-likeness (QED) is 0.225. The lowest BCUT2D eigenvalue weighted by Crippen LogP contribution is -2.53. The van der Waals surface area contributed by atoms with E-state index in [-0.39, 0.29) is 23.2 Å². The number of fused-ring (bicyclic) bond motifs is 7. The first-order chi connectivity index (χ1) is 17.4. The van der Waals surface area contributed by atoms with E-state index in [1.165, 1.54) is 44.9 Å². The number of aliphatic hydroxyl groups excluding tert-OH is 1. The van der Waals surface area contributed by atoms with Crippen LogP contribution >= 0.6 is 0 Å². The molecular weight excluding hydrogens is 464 g/mol. The van der Waals surface area contributed by atoms with Crippen molar-refractivity contribution in [1.82, 2.24) is 0 Å². The Labute approximate surface area is 224 Å². The van der Waals surface area contributed by atoms with Gasteiger partial charge in [-0.3, -0.25) is 0 Å². The van der Waals surface area contributed by atoms with Crippen molar-refractivity contribution in [2.24, 2.45) is 46.3 Å². The van der Waals surface area contributed by atoms with Gasteiger partial charge in [0.25, 0.3) is 0 Å². The normalized spacial score (nSPS) is 50.6. The summed E-state index contributed by atoms with van der Waals surface area (Å²) in [6, 6.07) is 0. The van der Waals surface area contributed by atoms with E-state index >= 15 is 0 Å². The third-order valence-electron chi connectivity index (χ3n) is 12.1. The second kappa shape index (κ2) is 8.71. The molecule has 6 aliphatic rings. The smallest absolute Gasteiger partial charge is 0.374 e. The molecule has 10 atom stereocenters. The fourth-order valence-corrected chi connectivity index (χ4v) is 10.4. The lowest BCUT2D eigenvalue weighted by atomic mass is 9.44. The Morgan fingerprint density at radius 1 is 0.973 bits per heavy atom. The molecule has 2 saturated heterocycles. The van der Waals surface area contributed by atoms with Crippen LogP contribution in [0.5, 0.6) is 0 Å². The van der Waals surface area contributed by atoms with Crippen LogP contribution in [0.3, 0.4) is 0 Å². The van der Waals surface area contributed by atoms with Crippen LogP contribution in [0.4, 0.5) is 0 Å². The van der Waals surface area contributed by atoms with E-state index in [1.54, 1.807) is 0 Å². The van der Waals surface area contributed by atoms with Gasteiger partial charge >= 0.3 is 5.97 Å². The summed E-state index contributed by atoms with van der Waals surface area (Å²) < 4.78 is 19.0. The molecule has 0 aromatic carbocycles. The van der Waals surface area contributed by atoms with Gasteiger partial charge in [-0.1, -0.05) is 33.6 Å². The van der Waals surface area contributed by atoms with Crippen molar-refractivity contribution in [3.63, 3.8) is 0 Å². The lowest BCUT2D eigenvalue weighted by Gasteiger charge is -2.60. The molecule has 0 aromatic rings. The van der Waals surface area contributed by atoms with Crippen LogP contribution in [-0.4, -0.2) is 35.2 Å². The SMILES string of the molecule is CC1CC[C@@]2(OC1)O[C@H]1C[C@H]3[C@@H]4CCC5CCCC[C@]5(C)[C@H]4CC[C@]3(C)[C@H]1C2=C(O)C(=O)OC(C)(C)C. The molecule has 1 spiro atoms. The average Bonchev–Trinajstić information content (AvgIpc) is 3.29. The van der Waals surface area contributed by atoms with Gasteiger partial charge in [-0.2, -0.15) is 0 Å². The molecule has 6 rings (SSSR count). The molecule has 4 aliphatic carbocycles. The van der Waals surface area contributed by atoms with Crippen molar-refractivity contribution >= 4 is 5.97 Å². The minimum absolute atomic E-state index is 0.00127. The third-order valence-corrected chi connectivity index (χ3v) is 12.1. The second-order valence-corrected chi connectivity index (χ2v) is 15.3. The van der Waals surface area contributed by atoms with E-state index in [1.807, 2.05) is 20.8 Å². The number of hydrogen-bond acceptors (Lipinski definition) is 5. The Bertz CT molecular complexity index is 955. The van der Waals surface area contributed by atoms with Gasteiger partial charge in [-0.15, -0.1) is 0 Å². The Morgan fingerprint density at radius 3 is 2.46 bits per heavy atom. The Hall–Kier alpha value is -1.07. The van der Waals surface area contributed by atoms with Gasteiger partial charge in [0.15, 0.2) is 5.79 Å². The van der Waals surface area contributed by atoms with Crippen molar-refractivity contribution in [2.75, 3.05) is 6.61 Å². The van der Waals surface area contributed by atoms with Crippen LogP contribution in [0.2, 0.25) is 0 Å². The topological polar surface area (TPSA) is 65.0 Å². The molecule has 0 amide bonds. The van der Waals surface area contributed by atoms with Crippen molar-refractivity contribution in [1.29, 1.82) is 0 Å². The van der Waals surface area contributed by atoms with Crippen molar-refractivity contribution < 1.29 is 24.1 Å². The standard InChI is InChI=1S/C32H50O5/c1-19-12-16-32(35-18-19)26(27(33)28(34)37-29(2,3)4)25-24(36-32)17-23-21-11-10-20-9-7-8-14-30(20,5)22(21)13-15-31(23,25)6/h19-25,33H,7-18H2,1-6H3/t19?,20?,21-,22+,23+,24+,25-,30+,31+,32-/m1/s1. The van der Waals surface area contributed by atoms with Gasteiger partial charge in [0.1, 0.15) is 5.60 Å². The average molecular weight is 515 g/mol. The maximum Gasteiger partial charge on any atom is 0.374 e. The molecule has 4 saturated carbocycles. The molecule has 0 radical (unpaired) electrons. The predicted molar refractivity (Wildman–Crippen MR) is 143 cm³/mol. The molecule has 2 aliphatic heterocycles. The highest BCUT2D eigenvalue weighted by Crippen LogP contribution is 2.71. The van der Waals surface area contributed by atoms with Gasteiger partial charge in [-0.05, 0) is 113 Å². The molecule has 5 nitrogen and oxygen atoms in total. The Balaban J connectivity index is 1.37. The first kappa shape index (κ1) is 26.2. The minimum atomic E-state index is -0.985. The Kier molecular flexibility index (Phi) is 6.16. The zero-order valence-electron chi connectivity index (χ0n) is 24.1. The second-order valence-electron chi connectivity index (χ2n) is 15.3. The zero-order chi connectivity index (χ0) is 26.4. The number of carbonyl (C=O) groups is 1. The summed E-state index contributed by atoms with van der Waals surface area (Å²) in [5.74, 6) is 1.59. The summed E-state index contributed by atoms with van der Waals surface area (Å²) in [5.41, 5.74) is 0.528. The van der Waals surface area contributed by atoms with Crippen LogP contribution in [0.15, 0.2) is 11.3 Å². The van der Waals surface area contributed by atoms with Gasteiger partial charge < -0.3 is 19.3 Å². The summed E-state index contributed by atoms with van der Waals surface area (Å²) in [5, 5.41) is 11.6. The van der Waals surface area contributed by atoms with Gasteiger partial charge in [0.05, 0.1) is 12.7 Å². The minimum Gasteiger partial charge on any atom is -0.502 e. The fourth-order valence-electron chi connectivity index (χ4n) is 10.4. The lowest BCUT2D eigenvalue weighted by molar-refractivity contribution is -0.238. The van der Waals surface area contributed by atoms with Gasteiger partial charge in [-0.25, -0.2) is 4.79 Å². The molecule has 208 valence electrons. The van der Waals surface area contributed by atoms with E-state index in [0.717, 1.165) is 37.0 Å². The largest absolute Gasteiger partial charge is 0.502 e. The number of aliphatic hydroxyl groups is 1. The van der Waals surface area contributed by atoms with Crippen molar-refractivity contribution in [2.45, 2.75) is 130 Å². The molecule has 37 heavy (non-hydrogen) atoms. The molecule has 0 bridgehead atoms. The van der Waals surface area contributed by atoms with E-state index < -0.39 is 17.4 Å². The van der Waals surface area contributed by atoms with Crippen molar-refractivity contribution in [3.8, 4) is 0 Å². The Morgan fingerprint density at radius 2 is 1.76 bits per heavy atom. The molecule has 2 heterocycles. The van der Waals surface area contributed by atoms with Gasteiger partial charge in [0.2, 0.25) is 5.76 Å². The number of rotatable bonds is 1. The summed E-state index contributed by atoms with van der Waals surface area (Å²) in [6.07, 6.45) is 13.4. The van der Waals surface area contributed by atoms with Crippen LogP contribution in [-0.2, 0) is 19.0 Å². The maximum absolute atomic E-state index is 13.3. The summed E-state index contributed by atoms with van der Waals surface area (Å²) in [7, 11) is 0. The molecule has 1 N–H and O–H groups in total. The fraction of sp³-hybridized carbons (Fsp3) is 0.906. The van der Waals surface area contributed by atoms with Crippen molar-refractivity contribution in [3.05, 3.63) is 11.3 Å². The first-order valence-corrected chi connectivity index (χ1v) is 15.4. The first-order valence-electron chi connectivity index (χ1n) is 15.4. The van der Waals surface area contributed by atoms with Crippen LogP contribution in [0.25, 0.3) is 0 Å². The van der Waals surface area contributed by atoms with Gasteiger partial charge in [0, 0.05) is 17.9 Å². The third kappa shape index (κ3) is 3.95. The number of esters is 1. The van der Waals surface area contributed by atoms with E-state index in [9.17, 15) is 9.90 Å². The van der Waals surface area contributed by atoms with Crippen LogP contribution in [0.1, 0.15) is 112 Å². The highest BCUT2D eigenvalue weighted by Gasteiger charge is 2.69. The van der Waals surface area contributed by atoms with Crippen LogP contribution < -0.4 is 0 Å². The summed E-state index contributed by atoms with van der Waals surface area (Å²) >= 11 is 0. The number of carbonyl (C=O) groups excluding carboxylic acids is 1. The summed E-state index contributed by atoms with van der Waals surface area (Å²) in [6.45, 7) is 13.4. The molecule has 5 heteroatoms. The molecule has 0 aromatic heterocycles. The zero-order valence-corrected chi connectivity index (χ0v) is 24.1. The predicted octanol–water partition coefficient (Wildman–Crippen LogP) is 7.34. The van der Waals surface area contributed by atoms with E-state index in [4.69, 9.17) is 14.2 Å². The summed E-state index contributed by atoms with van der Waals surface area (Å²) in [4.78, 5) is 13.3. The number of ether oxygens (including phenoxy) is 3. The highest BCUT2D eigenvalue weighted by molar-refractivity contribution is 5.87. The monoisotopic (exact) mass is 514 g/mol. The number of hydrogen-bond donors (Lipinski definition) is 1. The molecule has 6 fully saturated rings. The molecule has 2 unspecified atom stereocenters. The molecular formula is C32H50O5. The maximum atomic E-state index is 13.3. The van der Waals surface area contributed by atoms with E-state index in [0.29, 0.717) is 35.9 Å². The highest BCUT2D eigenvalue weighted by atomic mass is 16.7. The van der Waals surface area contributed by atoms with Crippen LogP contribution in [0, 0.1) is 46.3 Å². The van der Waals surface area contributed by atoms with E-state index in [2.05, 4.69) is 20.8 Å².